The number of benzene rings is 2. The number of para-hydroxylation sites is 1. The highest BCUT2D eigenvalue weighted by Gasteiger charge is 2.51. The first-order valence-corrected chi connectivity index (χ1v) is 9.77. The lowest BCUT2D eigenvalue weighted by Crippen LogP contribution is -2.56. The van der Waals surface area contributed by atoms with Crippen molar-refractivity contribution in [3.8, 4) is 0 Å². The molecule has 2 aliphatic carbocycles. The lowest BCUT2D eigenvalue weighted by atomic mass is 9.88. The maximum atomic E-state index is 12.9. The van der Waals surface area contributed by atoms with Crippen LogP contribution in [0.25, 0.3) is 0 Å². The summed E-state index contributed by atoms with van der Waals surface area (Å²) in [7, 11) is 0. The molecule has 0 heterocycles. The van der Waals surface area contributed by atoms with Crippen molar-refractivity contribution in [3.05, 3.63) is 59.7 Å². The fraction of sp³-hybridized carbons (Fsp3) is 0.364. The first-order valence-electron chi connectivity index (χ1n) is 9.77. The van der Waals surface area contributed by atoms with E-state index in [1.54, 1.807) is 12.1 Å². The van der Waals surface area contributed by atoms with Crippen molar-refractivity contribution < 1.29 is 9.59 Å². The summed E-state index contributed by atoms with van der Waals surface area (Å²) in [5.41, 5.74) is 8.75. The number of amides is 3. The third-order valence-corrected chi connectivity index (χ3v) is 6.09. The summed E-state index contributed by atoms with van der Waals surface area (Å²) in [5, 5.41) is 8.82. The number of anilines is 2. The molecule has 2 saturated carbocycles. The van der Waals surface area contributed by atoms with Crippen molar-refractivity contribution in [2.45, 2.75) is 44.2 Å². The van der Waals surface area contributed by atoms with Crippen LogP contribution in [0.3, 0.4) is 0 Å². The number of aryl methyl sites for hydroxylation is 1. The third kappa shape index (κ3) is 3.60. The predicted molar refractivity (Wildman–Crippen MR) is 110 cm³/mol. The number of nitrogens with one attached hydrogen (secondary N) is 3. The normalized spacial score (nSPS) is 25.4. The molecule has 28 heavy (non-hydrogen) atoms. The van der Waals surface area contributed by atoms with Gasteiger partial charge in [-0.05, 0) is 68.4 Å². The highest BCUT2D eigenvalue weighted by Crippen LogP contribution is 2.47. The van der Waals surface area contributed by atoms with E-state index >= 15 is 0 Å². The molecular weight excluding hydrogens is 352 g/mol. The summed E-state index contributed by atoms with van der Waals surface area (Å²) < 4.78 is 0. The van der Waals surface area contributed by atoms with Crippen molar-refractivity contribution in [3.63, 3.8) is 0 Å². The molecular formula is C22H26N4O2. The minimum Gasteiger partial charge on any atom is -0.345 e. The number of nitrogens with two attached hydrogens (primary N) is 1. The van der Waals surface area contributed by atoms with Gasteiger partial charge in [-0.1, -0.05) is 24.3 Å². The minimum absolute atomic E-state index is 0.0230. The maximum absolute atomic E-state index is 12.9. The second-order valence-electron chi connectivity index (χ2n) is 8.04. The molecule has 2 aliphatic rings. The van der Waals surface area contributed by atoms with Gasteiger partial charge >= 0.3 is 6.03 Å². The molecule has 0 aromatic heterocycles. The van der Waals surface area contributed by atoms with Crippen molar-refractivity contribution in [2.75, 3.05) is 10.6 Å². The first-order chi connectivity index (χ1) is 13.4. The number of carbonyl (C=O) groups is 2. The molecule has 2 bridgehead atoms. The van der Waals surface area contributed by atoms with Crippen molar-refractivity contribution in [2.24, 2.45) is 11.7 Å². The van der Waals surface area contributed by atoms with Gasteiger partial charge in [0.15, 0.2) is 0 Å². The van der Waals surface area contributed by atoms with E-state index in [1.807, 2.05) is 43.3 Å². The Bertz CT molecular complexity index is 899. The molecule has 0 radical (unpaired) electrons. The van der Waals surface area contributed by atoms with Gasteiger partial charge in [-0.25, -0.2) is 4.79 Å². The molecule has 0 spiro atoms. The van der Waals surface area contributed by atoms with E-state index in [9.17, 15) is 9.59 Å². The Morgan fingerprint density at radius 1 is 1.11 bits per heavy atom. The zero-order valence-corrected chi connectivity index (χ0v) is 16.0. The van der Waals surface area contributed by atoms with Crippen LogP contribution in [0.15, 0.2) is 48.5 Å². The zero-order valence-electron chi connectivity index (χ0n) is 16.0. The lowest BCUT2D eigenvalue weighted by Gasteiger charge is -2.33. The average molecular weight is 378 g/mol. The second-order valence-corrected chi connectivity index (χ2v) is 8.04. The van der Waals surface area contributed by atoms with Crippen molar-refractivity contribution >= 4 is 23.3 Å². The molecule has 4 rings (SSSR count). The van der Waals surface area contributed by atoms with Gasteiger partial charge < -0.3 is 21.7 Å². The molecule has 146 valence electrons. The number of rotatable bonds is 4. The number of carbonyl (C=O) groups excluding carboxylic acids is 2. The topological polar surface area (TPSA) is 96.2 Å². The van der Waals surface area contributed by atoms with Gasteiger partial charge in [-0.3, -0.25) is 4.79 Å². The molecule has 6 heteroatoms. The smallest absolute Gasteiger partial charge is 0.323 e. The Morgan fingerprint density at radius 3 is 2.57 bits per heavy atom. The van der Waals surface area contributed by atoms with Crippen LogP contribution in [0.1, 0.15) is 41.6 Å². The van der Waals surface area contributed by atoms with Crippen LogP contribution < -0.4 is 21.7 Å². The molecule has 2 aromatic rings. The monoisotopic (exact) mass is 378 g/mol. The zero-order chi connectivity index (χ0) is 19.7. The Kier molecular flexibility index (Phi) is 4.81. The van der Waals surface area contributed by atoms with Crippen LogP contribution in [0, 0.1) is 12.8 Å². The standard InChI is InChI=1S/C22H26N4O2/c1-14-7-8-16(20(27)26-22-10-9-15(13-22)11-19(22)23)12-18(14)25-21(28)24-17-5-3-2-4-6-17/h2-8,12,15,19H,9-11,13,23H2,1H3,(H,26,27)(H2,24,25,28)/t15-,19+,22+/m1/s1. The van der Waals surface area contributed by atoms with Crippen LogP contribution in [0.2, 0.25) is 0 Å². The molecule has 0 saturated heterocycles. The second kappa shape index (κ2) is 7.28. The molecule has 0 unspecified atom stereocenters. The summed E-state index contributed by atoms with van der Waals surface area (Å²) in [6.45, 7) is 1.90. The van der Waals surface area contributed by atoms with Gasteiger partial charge in [-0.15, -0.1) is 0 Å². The van der Waals surface area contributed by atoms with E-state index in [-0.39, 0.29) is 23.5 Å². The largest absolute Gasteiger partial charge is 0.345 e. The van der Waals surface area contributed by atoms with Crippen LogP contribution in [0.4, 0.5) is 16.2 Å². The maximum Gasteiger partial charge on any atom is 0.323 e. The van der Waals surface area contributed by atoms with Crippen molar-refractivity contribution in [1.29, 1.82) is 0 Å². The number of hydrogen-bond acceptors (Lipinski definition) is 3. The predicted octanol–water partition coefficient (Wildman–Crippen LogP) is 3.64. The highest BCUT2D eigenvalue weighted by molar-refractivity contribution is 6.02. The van der Waals surface area contributed by atoms with Gasteiger partial charge in [0, 0.05) is 23.0 Å². The summed E-state index contributed by atoms with van der Waals surface area (Å²) >= 11 is 0. The summed E-state index contributed by atoms with van der Waals surface area (Å²) in [4.78, 5) is 25.2. The molecule has 2 fully saturated rings. The van der Waals surface area contributed by atoms with Gasteiger partial charge in [0.1, 0.15) is 0 Å². The van der Waals surface area contributed by atoms with Gasteiger partial charge in [-0.2, -0.15) is 0 Å². The quantitative estimate of drug-likeness (QED) is 0.654. The molecule has 6 nitrogen and oxygen atoms in total. The third-order valence-electron chi connectivity index (χ3n) is 6.09. The van der Waals surface area contributed by atoms with Crippen LogP contribution in [-0.4, -0.2) is 23.5 Å². The fourth-order valence-electron chi connectivity index (χ4n) is 4.51. The summed E-state index contributed by atoms with van der Waals surface area (Å²) in [6.07, 6.45) is 4.03. The van der Waals surface area contributed by atoms with Crippen molar-refractivity contribution in [1.82, 2.24) is 5.32 Å². The van der Waals surface area contributed by atoms with Crippen LogP contribution in [0.5, 0.6) is 0 Å². The first kappa shape index (κ1) is 18.5. The highest BCUT2D eigenvalue weighted by atomic mass is 16.2. The van der Waals surface area contributed by atoms with Crippen LogP contribution >= 0.6 is 0 Å². The Hall–Kier alpha value is -2.86. The molecule has 3 amide bonds. The van der Waals surface area contributed by atoms with E-state index < -0.39 is 0 Å². The molecule has 2 aromatic carbocycles. The van der Waals surface area contributed by atoms with E-state index in [2.05, 4.69) is 16.0 Å². The molecule has 0 aliphatic heterocycles. The van der Waals surface area contributed by atoms with Crippen LogP contribution in [-0.2, 0) is 0 Å². The summed E-state index contributed by atoms with van der Waals surface area (Å²) in [6, 6.07) is 14.3. The number of fused-ring (bicyclic) bond motifs is 2. The van der Waals surface area contributed by atoms with Gasteiger partial charge in [0.2, 0.25) is 0 Å². The van der Waals surface area contributed by atoms with E-state index in [4.69, 9.17) is 5.73 Å². The van der Waals surface area contributed by atoms with E-state index in [1.165, 1.54) is 0 Å². The average Bonchev–Trinajstić information content (AvgIpc) is 3.21. The number of hydrogen-bond donors (Lipinski definition) is 4. The van der Waals surface area contributed by atoms with Gasteiger partial charge in [0.05, 0.1) is 5.54 Å². The van der Waals surface area contributed by atoms with E-state index in [0.29, 0.717) is 22.9 Å². The summed E-state index contributed by atoms with van der Waals surface area (Å²) in [5.74, 6) is 0.497. The van der Waals surface area contributed by atoms with Gasteiger partial charge in [0.25, 0.3) is 5.91 Å². The molecule has 5 N–H and O–H groups in total. The SMILES string of the molecule is Cc1ccc(C(=O)N[C@]23CC[C@H](C[C@@H]2N)C3)cc1NC(=O)Nc1ccccc1. The number of urea groups is 1. The fourth-order valence-corrected chi connectivity index (χ4v) is 4.51. The Labute approximate surface area is 164 Å². The Balaban J connectivity index is 1.46. The molecule has 3 atom stereocenters. The minimum atomic E-state index is -0.345. The lowest BCUT2D eigenvalue weighted by molar-refractivity contribution is 0.0891. The van der Waals surface area contributed by atoms with E-state index in [0.717, 1.165) is 31.2 Å². The Morgan fingerprint density at radius 2 is 1.89 bits per heavy atom.